The van der Waals surface area contributed by atoms with Gasteiger partial charge >= 0.3 is 0 Å². The number of nitrogens with one attached hydrogen (secondary N) is 1. The first kappa shape index (κ1) is 26.3. The zero-order valence-corrected chi connectivity index (χ0v) is 21.6. The van der Waals surface area contributed by atoms with Crippen molar-refractivity contribution in [2.45, 2.75) is 6.42 Å². The average Bonchev–Trinajstić information content (AvgIpc) is 2.84. The molecule has 0 aromatic heterocycles. The normalized spacial score (nSPS) is 11.3. The van der Waals surface area contributed by atoms with Crippen molar-refractivity contribution >= 4 is 72.5 Å². The molecule has 1 amide bonds. The quantitative estimate of drug-likeness (QED) is 0.0765. The molecule has 3 aromatic carbocycles. The maximum atomic E-state index is 12.6. The molecule has 0 spiro atoms. The molecule has 34 heavy (non-hydrogen) atoms. The van der Waals surface area contributed by atoms with Crippen LogP contribution in [0.4, 0.5) is 5.69 Å². The van der Waals surface area contributed by atoms with Crippen molar-refractivity contribution in [2.24, 2.45) is 5.10 Å². The molecule has 0 heterocycles. The zero-order valence-electron chi connectivity index (χ0n) is 17.6. The van der Waals surface area contributed by atoms with Crippen molar-refractivity contribution in [2.75, 3.05) is 23.7 Å². The van der Waals surface area contributed by atoms with E-state index in [0.717, 1.165) is 28.5 Å². The molecule has 0 radical (unpaired) electrons. The lowest BCUT2D eigenvalue weighted by Crippen LogP contribution is -2.36. The van der Waals surface area contributed by atoms with Crippen LogP contribution in [0.3, 0.4) is 0 Å². The van der Waals surface area contributed by atoms with E-state index >= 15 is 0 Å². The average molecular weight is 615 g/mol. The van der Waals surface area contributed by atoms with Gasteiger partial charge in [0.2, 0.25) is 0 Å². The SMILES string of the molecule is O=C(CN(CCCSOOO)c1ccc2ccccc2c1)NN=Cc1cc(Br)c(O)c(Br)c1O. The number of rotatable bonds is 11. The number of amides is 1. The molecule has 0 aliphatic rings. The van der Waals surface area contributed by atoms with Crippen LogP contribution >= 0.6 is 43.9 Å². The summed E-state index contributed by atoms with van der Waals surface area (Å²) in [5, 5.41) is 37.9. The summed E-state index contributed by atoms with van der Waals surface area (Å²) in [6, 6.07) is 15.4. The second kappa shape index (κ2) is 12.9. The number of carbonyl (C=O) groups excluding carboxylic acids is 1. The van der Waals surface area contributed by atoms with Crippen LogP contribution in [-0.2, 0) is 14.2 Å². The molecule has 0 fully saturated rings. The van der Waals surface area contributed by atoms with Gasteiger partial charge in [-0.3, -0.25) is 4.79 Å². The van der Waals surface area contributed by atoms with Crippen LogP contribution in [0.2, 0.25) is 0 Å². The number of hydrogen-bond acceptors (Lipinski definition) is 9. The van der Waals surface area contributed by atoms with Crippen LogP contribution in [-0.4, -0.2) is 46.4 Å². The standard InChI is InChI=1S/C22H21Br2N3O6S/c23-18-11-16(21(29)20(24)22(18)30)12-25-26-19(28)13-27(8-3-9-34-33-32-31)17-7-6-14-4-1-2-5-15(14)10-17/h1-2,4-7,10-12,29-31H,3,8-9,13H2,(H,26,28). The Balaban J connectivity index is 1.69. The summed E-state index contributed by atoms with van der Waals surface area (Å²) in [7, 11) is 0. The predicted molar refractivity (Wildman–Crippen MR) is 139 cm³/mol. The van der Waals surface area contributed by atoms with Crippen LogP contribution < -0.4 is 10.3 Å². The number of phenols is 2. The summed E-state index contributed by atoms with van der Waals surface area (Å²) in [5.41, 5.74) is 3.63. The molecule has 3 rings (SSSR count). The Labute approximate surface area is 216 Å². The van der Waals surface area contributed by atoms with E-state index in [1.807, 2.05) is 47.4 Å². The predicted octanol–water partition coefficient (Wildman–Crippen LogP) is 5.19. The summed E-state index contributed by atoms with van der Waals surface area (Å²) >= 11 is 7.24. The van der Waals surface area contributed by atoms with Crippen molar-refractivity contribution in [3.05, 3.63) is 63.0 Å². The van der Waals surface area contributed by atoms with Crippen LogP contribution in [0.5, 0.6) is 11.5 Å². The van der Waals surface area contributed by atoms with Gasteiger partial charge in [-0.2, -0.15) is 5.10 Å². The van der Waals surface area contributed by atoms with E-state index in [-0.39, 0.29) is 28.4 Å². The molecule has 180 valence electrons. The van der Waals surface area contributed by atoms with Gasteiger partial charge in [0, 0.05) is 35.6 Å². The number of phenolic OH excluding ortho intramolecular Hbond substituents is 2. The summed E-state index contributed by atoms with van der Waals surface area (Å²) in [5.74, 6) is -0.167. The topological polar surface area (TPSA) is 124 Å². The molecule has 9 nitrogen and oxygen atoms in total. The molecule has 0 saturated heterocycles. The van der Waals surface area contributed by atoms with E-state index in [0.29, 0.717) is 28.8 Å². The van der Waals surface area contributed by atoms with Crippen LogP contribution in [0.1, 0.15) is 12.0 Å². The fraction of sp³-hybridized carbons (Fsp3) is 0.182. The number of hydrazone groups is 1. The van der Waals surface area contributed by atoms with Crippen molar-refractivity contribution in [3.8, 4) is 11.5 Å². The third kappa shape index (κ3) is 7.08. The highest BCUT2D eigenvalue weighted by molar-refractivity contribution is 9.11. The fourth-order valence-corrected chi connectivity index (χ4v) is 4.65. The van der Waals surface area contributed by atoms with Crippen molar-refractivity contribution in [3.63, 3.8) is 0 Å². The zero-order chi connectivity index (χ0) is 24.5. The number of fused-ring (bicyclic) bond motifs is 1. The lowest BCUT2D eigenvalue weighted by Gasteiger charge is -2.24. The van der Waals surface area contributed by atoms with Gasteiger partial charge in [-0.25, -0.2) is 10.7 Å². The molecule has 0 bridgehead atoms. The Morgan fingerprint density at radius 1 is 1.12 bits per heavy atom. The Bertz CT molecular complexity index is 1180. The first-order valence-electron chi connectivity index (χ1n) is 9.96. The number of hydrogen-bond donors (Lipinski definition) is 4. The van der Waals surface area contributed by atoms with E-state index in [2.05, 4.69) is 51.8 Å². The second-order valence-corrected chi connectivity index (χ2v) is 9.45. The number of anilines is 1. The van der Waals surface area contributed by atoms with Crippen LogP contribution in [0, 0.1) is 0 Å². The maximum Gasteiger partial charge on any atom is 0.259 e. The minimum atomic E-state index is -0.358. The van der Waals surface area contributed by atoms with Crippen LogP contribution in [0.15, 0.2) is 62.6 Å². The lowest BCUT2D eigenvalue weighted by atomic mass is 10.1. The van der Waals surface area contributed by atoms with Gasteiger partial charge in [0.15, 0.2) is 0 Å². The van der Waals surface area contributed by atoms with Gasteiger partial charge in [0.05, 0.1) is 17.2 Å². The highest BCUT2D eigenvalue weighted by atomic mass is 79.9. The molecular weight excluding hydrogens is 594 g/mol. The number of nitrogens with zero attached hydrogens (tertiary/aromatic N) is 2. The molecule has 0 atom stereocenters. The minimum absolute atomic E-state index is 0.0344. The van der Waals surface area contributed by atoms with Crippen molar-refractivity contribution in [1.82, 2.24) is 5.43 Å². The van der Waals surface area contributed by atoms with Gasteiger partial charge in [-0.15, -0.1) is 4.33 Å². The van der Waals surface area contributed by atoms with E-state index in [9.17, 15) is 15.0 Å². The monoisotopic (exact) mass is 613 g/mol. The summed E-state index contributed by atoms with van der Waals surface area (Å²) in [6.45, 7) is 0.572. The summed E-state index contributed by atoms with van der Waals surface area (Å²) < 4.78 is 4.88. The van der Waals surface area contributed by atoms with Crippen molar-refractivity contribution < 1.29 is 29.6 Å². The van der Waals surface area contributed by atoms with Gasteiger partial charge < -0.3 is 15.1 Å². The highest BCUT2D eigenvalue weighted by Gasteiger charge is 2.14. The molecule has 12 heteroatoms. The number of benzene rings is 3. The largest absolute Gasteiger partial charge is 0.506 e. The molecule has 4 N–H and O–H groups in total. The smallest absolute Gasteiger partial charge is 0.259 e. The minimum Gasteiger partial charge on any atom is -0.506 e. The Morgan fingerprint density at radius 2 is 1.88 bits per heavy atom. The molecular formula is C22H21Br2N3O6S. The van der Waals surface area contributed by atoms with Crippen LogP contribution in [0.25, 0.3) is 10.8 Å². The fourth-order valence-electron chi connectivity index (χ4n) is 3.14. The third-order valence-corrected chi connectivity index (χ3v) is 6.73. The third-order valence-electron chi connectivity index (χ3n) is 4.76. The Hall–Kier alpha value is -2.35. The van der Waals surface area contributed by atoms with E-state index in [4.69, 9.17) is 5.26 Å². The number of halogens is 2. The maximum absolute atomic E-state index is 12.6. The van der Waals surface area contributed by atoms with E-state index in [1.54, 1.807) is 0 Å². The van der Waals surface area contributed by atoms with Gasteiger partial charge in [0.25, 0.3) is 5.91 Å². The van der Waals surface area contributed by atoms with Gasteiger partial charge in [0.1, 0.15) is 16.0 Å². The lowest BCUT2D eigenvalue weighted by molar-refractivity contribution is -0.432. The molecule has 0 saturated carbocycles. The number of carbonyl (C=O) groups is 1. The first-order valence-corrected chi connectivity index (χ1v) is 12.5. The van der Waals surface area contributed by atoms with Gasteiger partial charge in [-0.05, 0) is 67.3 Å². The van der Waals surface area contributed by atoms with E-state index in [1.165, 1.54) is 12.3 Å². The second-order valence-electron chi connectivity index (χ2n) is 7.02. The summed E-state index contributed by atoms with van der Waals surface area (Å²) in [6.07, 6.45) is 1.94. The molecule has 0 aliphatic heterocycles. The highest BCUT2D eigenvalue weighted by Crippen LogP contribution is 2.40. The van der Waals surface area contributed by atoms with Gasteiger partial charge in [-0.1, -0.05) is 35.4 Å². The molecule has 3 aromatic rings. The Morgan fingerprint density at radius 3 is 2.65 bits per heavy atom. The van der Waals surface area contributed by atoms with E-state index < -0.39 is 0 Å². The van der Waals surface area contributed by atoms with Crippen molar-refractivity contribution in [1.29, 1.82) is 0 Å². The molecule has 0 unspecified atom stereocenters. The first-order chi connectivity index (χ1) is 16.4. The Kier molecular flexibility index (Phi) is 9.99. The summed E-state index contributed by atoms with van der Waals surface area (Å²) in [4.78, 5) is 14.5. The number of aromatic hydroxyl groups is 2. The molecule has 0 aliphatic carbocycles.